The molecule has 0 radical (unpaired) electrons. The van der Waals surface area contributed by atoms with Gasteiger partial charge in [0.05, 0.1) is 35.5 Å². The van der Waals surface area contributed by atoms with Crippen LogP contribution in [0.2, 0.25) is 0 Å². The van der Waals surface area contributed by atoms with E-state index < -0.39 is 29.4 Å². The van der Waals surface area contributed by atoms with Crippen molar-refractivity contribution in [1.82, 2.24) is 19.8 Å². The molecule has 4 rings (SSSR count). The van der Waals surface area contributed by atoms with E-state index in [1.165, 1.54) is 35.7 Å². The van der Waals surface area contributed by atoms with E-state index in [1.54, 1.807) is 4.68 Å². The van der Waals surface area contributed by atoms with Crippen LogP contribution >= 0.6 is 0 Å². The maximum atomic E-state index is 13.7. The van der Waals surface area contributed by atoms with E-state index in [9.17, 15) is 18.0 Å². The topological polar surface area (TPSA) is 63.4 Å². The number of nitrogens with zero attached hydrogens (tertiary/aromatic N) is 5. The summed E-state index contributed by atoms with van der Waals surface area (Å²) < 4.78 is 42.5. The first-order valence-corrected chi connectivity index (χ1v) is 10.4. The molecule has 0 fully saturated rings. The van der Waals surface area contributed by atoms with Crippen molar-refractivity contribution in [1.29, 1.82) is 0 Å². The van der Waals surface area contributed by atoms with Gasteiger partial charge >= 0.3 is 0 Å². The van der Waals surface area contributed by atoms with E-state index in [2.05, 4.69) is 21.8 Å². The largest absolute Gasteiger partial charge is 0.269 e. The van der Waals surface area contributed by atoms with Gasteiger partial charge in [0.25, 0.3) is 5.91 Å². The monoisotopic (exact) mass is 443 g/mol. The summed E-state index contributed by atoms with van der Waals surface area (Å²) in [5, 5.41) is 9.82. The molecular weight excluding hydrogens is 419 g/mol. The average Bonchev–Trinajstić information content (AvgIpc) is 3.42. The van der Waals surface area contributed by atoms with Crippen LogP contribution in [0.4, 0.5) is 13.2 Å². The molecule has 0 spiro atoms. The highest BCUT2D eigenvalue weighted by Crippen LogP contribution is 2.31. The summed E-state index contributed by atoms with van der Waals surface area (Å²) in [5.74, 6) is -2.26. The third-order valence-electron chi connectivity index (χ3n) is 4.98. The molecule has 0 saturated carbocycles. The van der Waals surface area contributed by atoms with Crippen LogP contribution in [0, 0.1) is 17.5 Å². The van der Waals surface area contributed by atoms with Gasteiger partial charge in [-0.3, -0.25) is 14.5 Å². The Balaban J connectivity index is 0.00000141. The number of amides is 1. The van der Waals surface area contributed by atoms with Gasteiger partial charge < -0.3 is 0 Å². The summed E-state index contributed by atoms with van der Waals surface area (Å²) in [6.45, 7) is 8.29. The number of benzene rings is 1. The SMILES string of the molecule is C=C(CCCn1ncc2c(F)cncc21)C(=O)N1N=CCC1c1cc(F)cc(F)c1.CC. The van der Waals surface area contributed by atoms with Crippen molar-refractivity contribution < 1.29 is 18.0 Å². The number of halogens is 3. The first-order chi connectivity index (χ1) is 15.4. The van der Waals surface area contributed by atoms with Gasteiger partial charge in [-0.2, -0.15) is 10.2 Å². The summed E-state index contributed by atoms with van der Waals surface area (Å²) in [7, 11) is 0. The quantitative estimate of drug-likeness (QED) is 0.494. The summed E-state index contributed by atoms with van der Waals surface area (Å²) in [4.78, 5) is 16.6. The number of fused-ring (bicyclic) bond motifs is 1. The van der Waals surface area contributed by atoms with Gasteiger partial charge in [-0.25, -0.2) is 18.2 Å². The van der Waals surface area contributed by atoms with Crippen LogP contribution in [0.25, 0.3) is 10.9 Å². The predicted octanol–water partition coefficient (Wildman–Crippen LogP) is 5.17. The highest BCUT2D eigenvalue weighted by atomic mass is 19.1. The Kier molecular flexibility index (Phi) is 7.40. The molecule has 1 atom stereocenters. The summed E-state index contributed by atoms with van der Waals surface area (Å²) >= 11 is 0. The number of aryl methyl sites for hydroxylation is 1. The Bertz CT molecular complexity index is 1140. The van der Waals surface area contributed by atoms with Gasteiger partial charge in [-0.05, 0) is 30.5 Å². The molecule has 0 aliphatic carbocycles. The molecule has 0 saturated heterocycles. The molecule has 6 nitrogen and oxygen atoms in total. The molecular formula is C23H24F3N5O. The molecule has 1 aliphatic rings. The van der Waals surface area contributed by atoms with Gasteiger partial charge in [0.15, 0.2) is 5.82 Å². The molecule has 0 bridgehead atoms. The third-order valence-corrected chi connectivity index (χ3v) is 4.98. The Morgan fingerprint density at radius 2 is 1.84 bits per heavy atom. The second-order valence-electron chi connectivity index (χ2n) is 7.03. The Morgan fingerprint density at radius 1 is 1.12 bits per heavy atom. The Morgan fingerprint density at radius 3 is 2.56 bits per heavy atom. The third kappa shape index (κ3) is 4.87. The number of hydrazone groups is 1. The zero-order chi connectivity index (χ0) is 23.3. The van der Waals surface area contributed by atoms with Crippen molar-refractivity contribution in [2.75, 3.05) is 0 Å². The second-order valence-corrected chi connectivity index (χ2v) is 7.03. The molecule has 2 aromatic heterocycles. The molecule has 0 N–H and O–H groups in total. The molecule has 1 unspecified atom stereocenters. The minimum atomic E-state index is -0.708. The lowest BCUT2D eigenvalue weighted by Crippen LogP contribution is -2.28. The Labute approximate surface area is 184 Å². The van der Waals surface area contributed by atoms with Crippen molar-refractivity contribution in [2.45, 2.75) is 45.7 Å². The van der Waals surface area contributed by atoms with Gasteiger partial charge in [0.2, 0.25) is 0 Å². The fraction of sp³-hybridized carbons (Fsp3) is 0.304. The first kappa shape index (κ1) is 23.2. The van der Waals surface area contributed by atoms with Crippen LogP contribution in [-0.2, 0) is 11.3 Å². The lowest BCUT2D eigenvalue weighted by Gasteiger charge is -2.23. The zero-order valence-corrected chi connectivity index (χ0v) is 17.9. The summed E-state index contributed by atoms with van der Waals surface area (Å²) in [5.41, 5.74) is 1.23. The average molecular weight is 443 g/mol. The van der Waals surface area contributed by atoms with E-state index in [0.717, 1.165) is 12.3 Å². The molecule has 168 valence electrons. The number of carbonyl (C=O) groups is 1. The lowest BCUT2D eigenvalue weighted by atomic mass is 10.0. The highest BCUT2D eigenvalue weighted by Gasteiger charge is 2.30. The molecule has 1 amide bonds. The molecule has 1 aromatic carbocycles. The van der Waals surface area contributed by atoms with Crippen LogP contribution in [0.5, 0.6) is 0 Å². The maximum absolute atomic E-state index is 13.7. The number of hydrogen-bond acceptors (Lipinski definition) is 4. The van der Waals surface area contributed by atoms with Crippen molar-refractivity contribution in [3.05, 3.63) is 72.0 Å². The lowest BCUT2D eigenvalue weighted by molar-refractivity contribution is -0.129. The van der Waals surface area contributed by atoms with Gasteiger partial charge in [0.1, 0.15) is 11.6 Å². The highest BCUT2D eigenvalue weighted by molar-refractivity contribution is 5.94. The minimum Gasteiger partial charge on any atom is -0.268 e. The summed E-state index contributed by atoms with van der Waals surface area (Å²) in [6, 6.07) is 2.59. The maximum Gasteiger partial charge on any atom is 0.269 e. The molecule has 1 aliphatic heterocycles. The van der Waals surface area contributed by atoms with Gasteiger partial charge in [-0.15, -0.1) is 0 Å². The van der Waals surface area contributed by atoms with Crippen LogP contribution in [0.1, 0.15) is 44.7 Å². The van der Waals surface area contributed by atoms with E-state index in [4.69, 9.17) is 0 Å². The predicted molar refractivity (Wildman–Crippen MR) is 116 cm³/mol. The molecule has 9 heteroatoms. The van der Waals surface area contributed by atoms with Crippen LogP contribution in [0.3, 0.4) is 0 Å². The zero-order valence-electron chi connectivity index (χ0n) is 17.9. The smallest absolute Gasteiger partial charge is 0.268 e. The number of hydrogen-bond donors (Lipinski definition) is 0. The molecule has 32 heavy (non-hydrogen) atoms. The molecule has 3 aromatic rings. The fourth-order valence-electron chi connectivity index (χ4n) is 3.50. The minimum absolute atomic E-state index is 0.316. The first-order valence-electron chi connectivity index (χ1n) is 10.4. The van der Waals surface area contributed by atoms with Crippen molar-refractivity contribution in [3.63, 3.8) is 0 Å². The van der Waals surface area contributed by atoms with Crippen molar-refractivity contribution >= 4 is 23.0 Å². The standard InChI is InChI=1S/C21H18F3N5O.C2H6/c1-13(3-2-6-28-20-12-25-11-18(24)17(20)10-27-28)21(30)29-19(4-5-26-29)14-7-15(22)9-16(23)8-14;1-2/h5,7-12,19H,1-4,6H2;1-2H3. The van der Waals surface area contributed by atoms with Crippen LogP contribution in [0.15, 0.2) is 54.0 Å². The summed E-state index contributed by atoms with van der Waals surface area (Å²) in [6.07, 6.45) is 6.90. The number of rotatable bonds is 6. The van der Waals surface area contributed by atoms with Gasteiger partial charge in [0, 0.05) is 30.8 Å². The second kappa shape index (κ2) is 10.2. The van der Waals surface area contributed by atoms with E-state index in [0.29, 0.717) is 47.8 Å². The molecule has 3 heterocycles. The van der Waals surface area contributed by atoms with E-state index in [-0.39, 0.29) is 0 Å². The fourth-order valence-corrected chi connectivity index (χ4v) is 3.50. The Hall–Kier alpha value is -3.49. The van der Waals surface area contributed by atoms with E-state index >= 15 is 0 Å². The van der Waals surface area contributed by atoms with Crippen molar-refractivity contribution in [3.8, 4) is 0 Å². The van der Waals surface area contributed by atoms with E-state index in [1.807, 2.05) is 13.8 Å². The number of aromatic nitrogens is 3. The van der Waals surface area contributed by atoms with Crippen LogP contribution in [-0.4, -0.2) is 31.9 Å². The number of carbonyl (C=O) groups excluding carboxylic acids is 1. The van der Waals surface area contributed by atoms with Gasteiger partial charge in [-0.1, -0.05) is 20.4 Å². The number of pyridine rings is 1. The normalized spacial score (nSPS) is 15.0. The van der Waals surface area contributed by atoms with Crippen LogP contribution < -0.4 is 0 Å². The van der Waals surface area contributed by atoms with Crippen molar-refractivity contribution in [2.24, 2.45) is 5.10 Å².